The molecule has 2 N–H and O–H groups in total. The molecule has 3 rings (SSSR count). The highest BCUT2D eigenvalue weighted by atomic mass is 16.5. The number of benzene rings is 3. The highest BCUT2D eigenvalue weighted by Gasteiger charge is 2.10. The maximum atomic E-state index is 12.2. The Hall–Kier alpha value is -3.80. The molecule has 3 aromatic carbocycles. The second-order valence-electron chi connectivity index (χ2n) is 6.80. The summed E-state index contributed by atoms with van der Waals surface area (Å²) in [5.41, 5.74) is 2.40. The van der Waals surface area contributed by atoms with E-state index >= 15 is 0 Å². The van der Waals surface area contributed by atoms with Crippen LogP contribution >= 0.6 is 0 Å². The van der Waals surface area contributed by atoms with Gasteiger partial charge in [-0.15, -0.1) is 0 Å². The van der Waals surface area contributed by atoms with Gasteiger partial charge in [0.2, 0.25) is 5.91 Å². The number of hydrogen-bond acceptors (Lipinski definition) is 4. The lowest BCUT2D eigenvalue weighted by molar-refractivity contribution is -0.120. The SMILES string of the molecule is CCOc1ccc(C(=O)NCC(=O)NCc2ccccc2OCc2ccccc2)cc1. The summed E-state index contributed by atoms with van der Waals surface area (Å²) in [5, 5.41) is 5.44. The molecule has 0 aliphatic heterocycles. The van der Waals surface area contributed by atoms with Crippen molar-refractivity contribution in [2.75, 3.05) is 13.2 Å². The van der Waals surface area contributed by atoms with Crippen molar-refractivity contribution in [3.05, 3.63) is 95.6 Å². The molecule has 0 aliphatic carbocycles. The normalized spacial score (nSPS) is 10.2. The molecule has 0 saturated carbocycles. The fraction of sp³-hybridized carbons (Fsp3) is 0.200. The lowest BCUT2D eigenvalue weighted by Gasteiger charge is -2.13. The van der Waals surface area contributed by atoms with E-state index in [1.54, 1.807) is 24.3 Å². The third kappa shape index (κ3) is 6.89. The first-order valence-electron chi connectivity index (χ1n) is 10.2. The maximum absolute atomic E-state index is 12.2. The molecule has 0 radical (unpaired) electrons. The minimum atomic E-state index is -0.315. The molecule has 0 fully saturated rings. The topological polar surface area (TPSA) is 76.7 Å². The monoisotopic (exact) mass is 418 g/mol. The van der Waals surface area contributed by atoms with Gasteiger partial charge in [0.05, 0.1) is 13.2 Å². The van der Waals surface area contributed by atoms with E-state index in [1.807, 2.05) is 61.5 Å². The first-order valence-corrected chi connectivity index (χ1v) is 10.2. The molecule has 31 heavy (non-hydrogen) atoms. The lowest BCUT2D eigenvalue weighted by atomic mass is 10.2. The van der Waals surface area contributed by atoms with Gasteiger partial charge in [-0.2, -0.15) is 0 Å². The van der Waals surface area contributed by atoms with Gasteiger partial charge in [-0.3, -0.25) is 9.59 Å². The molecule has 160 valence electrons. The Kier molecular flexibility index (Phi) is 8.05. The van der Waals surface area contributed by atoms with E-state index in [-0.39, 0.29) is 18.4 Å². The molecule has 2 amide bonds. The molecular weight excluding hydrogens is 392 g/mol. The van der Waals surface area contributed by atoms with Crippen LogP contribution in [-0.2, 0) is 17.9 Å². The first-order chi connectivity index (χ1) is 15.2. The predicted molar refractivity (Wildman–Crippen MR) is 119 cm³/mol. The summed E-state index contributed by atoms with van der Waals surface area (Å²) in [6.07, 6.45) is 0. The summed E-state index contributed by atoms with van der Waals surface area (Å²) in [6, 6.07) is 24.2. The zero-order chi connectivity index (χ0) is 21.9. The molecule has 0 bridgehead atoms. The van der Waals surface area contributed by atoms with Crippen molar-refractivity contribution in [1.82, 2.24) is 10.6 Å². The highest BCUT2D eigenvalue weighted by Crippen LogP contribution is 2.19. The number of carbonyl (C=O) groups is 2. The van der Waals surface area contributed by atoms with Crippen molar-refractivity contribution in [1.29, 1.82) is 0 Å². The van der Waals surface area contributed by atoms with Gasteiger partial charge < -0.3 is 20.1 Å². The molecule has 3 aromatic rings. The number of amides is 2. The van der Waals surface area contributed by atoms with Gasteiger partial charge in [0, 0.05) is 17.7 Å². The fourth-order valence-corrected chi connectivity index (χ4v) is 2.91. The third-order valence-corrected chi connectivity index (χ3v) is 4.52. The van der Waals surface area contributed by atoms with Gasteiger partial charge in [-0.1, -0.05) is 48.5 Å². The number of carbonyl (C=O) groups excluding carboxylic acids is 2. The molecule has 0 spiro atoms. The van der Waals surface area contributed by atoms with Crippen LogP contribution < -0.4 is 20.1 Å². The van der Waals surface area contributed by atoms with Crippen LogP contribution in [-0.4, -0.2) is 25.0 Å². The molecule has 6 nitrogen and oxygen atoms in total. The minimum absolute atomic E-state index is 0.112. The maximum Gasteiger partial charge on any atom is 0.251 e. The average Bonchev–Trinajstić information content (AvgIpc) is 2.81. The summed E-state index contributed by atoms with van der Waals surface area (Å²) in [5.74, 6) is 0.817. The van der Waals surface area contributed by atoms with E-state index in [9.17, 15) is 9.59 Å². The van der Waals surface area contributed by atoms with Crippen LogP contribution in [0.15, 0.2) is 78.9 Å². The molecule has 0 saturated heterocycles. The number of nitrogens with one attached hydrogen (secondary N) is 2. The van der Waals surface area contributed by atoms with Crippen LogP contribution in [0.1, 0.15) is 28.4 Å². The summed E-state index contributed by atoms with van der Waals surface area (Å²) in [6.45, 7) is 3.10. The van der Waals surface area contributed by atoms with Gasteiger partial charge in [0.1, 0.15) is 18.1 Å². The van der Waals surface area contributed by atoms with Gasteiger partial charge in [-0.25, -0.2) is 0 Å². The summed E-state index contributed by atoms with van der Waals surface area (Å²) >= 11 is 0. The number of ether oxygens (including phenoxy) is 2. The van der Waals surface area contributed by atoms with Crippen molar-refractivity contribution in [2.45, 2.75) is 20.1 Å². The van der Waals surface area contributed by atoms with E-state index in [4.69, 9.17) is 9.47 Å². The van der Waals surface area contributed by atoms with Crippen molar-refractivity contribution in [3.8, 4) is 11.5 Å². The van der Waals surface area contributed by atoms with Crippen molar-refractivity contribution in [3.63, 3.8) is 0 Å². The van der Waals surface area contributed by atoms with E-state index < -0.39 is 0 Å². The second kappa shape index (κ2) is 11.4. The minimum Gasteiger partial charge on any atom is -0.494 e. The quantitative estimate of drug-likeness (QED) is 0.526. The second-order valence-corrected chi connectivity index (χ2v) is 6.80. The Balaban J connectivity index is 1.46. The predicted octanol–water partition coefficient (Wildman–Crippen LogP) is 3.71. The molecular formula is C25H26N2O4. The van der Waals surface area contributed by atoms with Crippen LogP contribution in [0.2, 0.25) is 0 Å². The largest absolute Gasteiger partial charge is 0.494 e. The first kappa shape index (κ1) is 21.9. The van der Waals surface area contributed by atoms with Crippen LogP contribution in [0.25, 0.3) is 0 Å². The Morgan fingerprint density at radius 2 is 1.52 bits per heavy atom. The summed E-state index contributed by atoms with van der Waals surface area (Å²) in [7, 11) is 0. The average molecular weight is 418 g/mol. The third-order valence-electron chi connectivity index (χ3n) is 4.52. The van der Waals surface area contributed by atoms with E-state index in [0.29, 0.717) is 36.8 Å². The Morgan fingerprint density at radius 3 is 2.26 bits per heavy atom. The highest BCUT2D eigenvalue weighted by molar-refractivity contribution is 5.96. The van der Waals surface area contributed by atoms with E-state index in [1.165, 1.54) is 0 Å². The van der Waals surface area contributed by atoms with E-state index in [2.05, 4.69) is 10.6 Å². The lowest BCUT2D eigenvalue weighted by Crippen LogP contribution is -2.36. The van der Waals surface area contributed by atoms with E-state index in [0.717, 1.165) is 11.1 Å². The van der Waals surface area contributed by atoms with Crippen molar-refractivity contribution >= 4 is 11.8 Å². The molecule has 0 atom stereocenters. The summed E-state index contributed by atoms with van der Waals surface area (Å²) in [4.78, 5) is 24.4. The van der Waals surface area contributed by atoms with Crippen LogP contribution in [0.3, 0.4) is 0 Å². The zero-order valence-corrected chi connectivity index (χ0v) is 17.5. The standard InChI is InChI=1S/C25H26N2O4/c1-2-30-22-14-12-20(13-15-22)25(29)27-17-24(28)26-16-21-10-6-7-11-23(21)31-18-19-8-4-3-5-9-19/h3-15H,2,16-18H2,1H3,(H,26,28)(H,27,29). The Morgan fingerprint density at radius 1 is 0.806 bits per heavy atom. The number of para-hydroxylation sites is 1. The smallest absolute Gasteiger partial charge is 0.251 e. The Labute approximate surface area is 182 Å². The van der Waals surface area contributed by atoms with Crippen LogP contribution in [0, 0.1) is 0 Å². The molecule has 6 heteroatoms. The van der Waals surface area contributed by atoms with Gasteiger partial charge in [0.25, 0.3) is 5.91 Å². The molecule has 0 aliphatic rings. The molecule has 0 unspecified atom stereocenters. The number of hydrogen-bond donors (Lipinski definition) is 2. The summed E-state index contributed by atoms with van der Waals surface area (Å²) < 4.78 is 11.3. The van der Waals surface area contributed by atoms with Crippen molar-refractivity contribution < 1.29 is 19.1 Å². The van der Waals surface area contributed by atoms with Gasteiger partial charge in [-0.05, 0) is 42.8 Å². The van der Waals surface area contributed by atoms with Crippen LogP contribution in [0.5, 0.6) is 11.5 Å². The van der Waals surface area contributed by atoms with Crippen LogP contribution in [0.4, 0.5) is 0 Å². The number of rotatable bonds is 10. The van der Waals surface area contributed by atoms with Crippen molar-refractivity contribution in [2.24, 2.45) is 0 Å². The zero-order valence-electron chi connectivity index (χ0n) is 17.5. The van der Waals surface area contributed by atoms with Gasteiger partial charge in [0.15, 0.2) is 0 Å². The Bertz CT molecular complexity index is 988. The molecule has 0 aromatic heterocycles. The molecule has 0 heterocycles. The fourth-order valence-electron chi connectivity index (χ4n) is 2.91. The van der Waals surface area contributed by atoms with Gasteiger partial charge >= 0.3 is 0 Å².